The van der Waals surface area contributed by atoms with Crippen molar-refractivity contribution in [1.82, 2.24) is 24.6 Å². The largest absolute Gasteiger partial charge is 0.364 e. The second-order valence-electron chi connectivity index (χ2n) is 3.68. The monoisotopic (exact) mass is 280 g/mol. The van der Waals surface area contributed by atoms with E-state index in [9.17, 15) is 0 Å². The SMILES string of the molecule is Cc1c(Cl)nc2ncnn2c1NCc1cscn1. The molecule has 0 aliphatic heterocycles. The first-order chi connectivity index (χ1) is 8.75. The summed E-state index contributed by atoms with van der Waals surface area (Å²) < 4.78 is 1.63. The Labute approximate surface area is 112 Å². The molecule has 92 valence electrons. The Balaban J connectivity index is 1.99. The molecule has 1 N–H and O–H groups in total. The van der Waals surface area contributed by atoms with Crippen LogP contribution < -0.4 is 5.32 Å². The summed E-state index contributed by atoms with van der Waals surface area (Å²) in [5.74, 6) is 1.27. The second kappa shape index (κ2) is 4.51. The van der Waals surface area contributed by atoms with Crippen LogP contribution in [0.2, 0.25) is 5.15 Å². The van der Waals surface area contributed by atoms with Gasteiger partial charge < -0.3 is 5.32 Å². The van der Waals surface area contributed by atoms with Gasteiger partial charge in [0, 0.05) is 10.9 Å². The summed E-state index contributed by atoms with van der Waals surface area (Å²) in [6.07, 6.45) is 1.45. The fraction of sp³-hybridized carbons (Fsp3) is 0.200. The second-order valence-corrected chi connectivity index (χ2v) is 4.76. The van der Waals surface area contributed by atoms with E-state index in [2.05, 4.69) is 25.4 Å². The highest BCUT2D eigenvalue weighted by atomic mass is 35.5. The van der Waals surface area contributed by atoms with Crippen LogP contribution in [0.15, 0.2) is 17.2 Å². The Kier molecular flexibility index (Phi) is 2.85. The lowest BCUT2D eigenvalue weighted by Gasteiger charge is -2.10. The third kappa shape index (κ3) is 1.91. The predicted octanol–water partition coefficient (Wildman–Crippen LogP) is 2.15. The third-order valence-electron chi connectivity index (χ3n) is 2.52. The number of thiazole rings is 1. The van der Waals surface area contributed by atoms with Crippen molar-refractivity contribution in [2.45, 2.75) is 13.5 Å². The Morgan fingerprint density at radius 2 is 2.33 bits per heavy atom. The molecule has 0 unspecified atom stereocenters. The van der Waals surface area contributed by atoms with E-state index < -0.39 is 0 Å². The van der Waals surface area contributed by atoms with Gasteiger partial charge in [-0.15, -0.1) is 11.3 Å². The minimum absolute atomic E-state index is 0.427. The number of anilines is 1. The van der Waals surface area contributed by atoms with Crippen LogP contribution in [-0.4, -0.2) is 24.6 Å². The molecule has 3 heterocycles. The van der Waals surface area contributed by atoms with Gasteiger partial charge in [0.2, 0.25) is 0 Å². The normalized spacial score (nSPS) is 11.0. The van der Waals surface area contributed by atoms with Crippen LogP contribution in [0.25, 0.3) is 5.78 Å². The standard InChI is InChI=1S/C10H9ClN6S/c1-6-8(11)16-10-13-4-15-17(10)9(6)12-2-7-3-18-5-14-7/h3-5,12H,2H2,1H3. The van der Waals surface area contributed by atoms with E-state index >= 15 is 0 Å². The van der Waals surface area contributed by atoms with Crippen molar-refractivity contribution < 1.29 is 0 Å². The Morgan fingerprint density at radius 3 is 3.11 bits per heavy atom. The molecule has 6 nitrogen and oxygen atoms in total. The topological polar surface area (TPSA) is 68.0 Å². The molecule has 0 aliphatic rings. The number of halogens is 1. The smallest absolute Gasteiger partial charge is 0.255 e. The number of nitrogens with zero attached hydrogens (tertiary/aromatic N) is 5. The van der Waals surface area contributed by atoms with Crippen LogP contribution >= 0.6 is 22.9 Å². The van der Waals surface area contributed by atoms with E-state index in [-0.39, 0.29) is 0 Å². The fourth-order valence-corrected chi connectivity index (χ4v) is 2.33. The number of rotatable bonds is 3. The van der Waals surface area contributed by atoms with Crippen molar-refractivity contribution in [1.29, 1.82) is 0 Å². The van der Waals surface area contributed by atoms with Crippen molar-refractivity contribution in [2.24, 2.45) is 0 Å². The number of hydrogen-bond acceptors (Lipinski definition) is 6. The molecule has 0 amide bonds. The quantitative estimate of drug-likeness (QED) is 0.745. The molecule has 3 aromatic rings. The predicted molar refractivity (Wildman–Crippen MR) is 70.0 cm³/mol. The molecule has 8 heteroatoms. The van der Waals surface area contributed by atoms with E-state index in [0.29, 0.717) is 17.5 Å². The van der Waals surface area contributed by atoms with Gasteiger partial charge in [0.05, 0.1) is 17.7 Å². The minimum atomic E-state index is 0.427. The van der Waals surface area contributed by atoms with E-state index in [1.165, 1.54) is 6.33 Å². The van der Waals surface area contributed by atoms with E-state index in [1.54, 1.807) is 21.4 Å². The van der Waals surface area contributed by atoms with E-state index in [1.807, 2.05) is 12.3 Å². The van der Waals surface area contributed by atoms with Gasteiger partial charge in [0.1, 0.15) is 17.3 Å². The van der Waals surface area contributed by atoms with Crippen molar-refractivity contribution in [3.8, 4) is 0 Å². The summed E-state index contributed by atoms with van der Waals surface area (Å²) >= 11 is 7.63. The number of fused-ring (bicyclic) bond motifs is 1. The molecular formula is C10H9ClN6S. The average Bonchev–Trinajstić information content (AvgIpc) is 3.00. The highest BCUT2D eigenvalue weighted by Gasteiger charge is 2.11. The summed E-state index contributed by atoms with van der Waals surface area (Å²) in [6.45, 7) is 2.50. The van der Waals surface area contributed by atoms with Gasteiger partial charge in [0.25, 0.3) is 5.78 Å². The molecule has 0 aliphatic carbocycles. The van der Waals surface area contributed by atoms with Gasteiger partial charge in [0.15, 0.2) is 0 Å². The summed E-state index contributed by atoms with van der Waals surface area (Å²) in [4.78, 5) is 12.4. The van der Waals surface area contributed by atoms with E-state index in [0.717, 1.165) is 17.1 Å². The molecule has 0 spiro atoms. The number of hydrogen-bond donors (Lipinski definition) is 1. The van der Waals surface area contributed by atoms with Crippen LogP contribution in [0.1, 0.15) is 11.3 Å². The first-order valence-electron chi connectivity index (χ1n) is 5.22. The zero-order valence-corrected chi connectivity index (χ0v) is 11.0. The summed E-state index contributed by atoms with van der Waals surface area (Å²) in [7, 11) is 0. The van der Waals surface area contributed by atoms with Gasteiger partial charge in [-0.1, -0.05) is 11.6 Å². The maximum absolute atomic E-state index is 6.06. The first-order valence-corrected chi connectivity index (χ1v) is 6.54. The molecule has 18 heavy (non-hydrogen) atoms. The van der Waals surface area contributed by atoms with Crippen LogP contribution in [0.5, 0.6) is 0 Å². The molecule has 0 saturated heterocycles. The van der Waals surface area contributed by atoms with Gasteiger partial charge in [-0.2, -0.15) is 19.6 Å². The Bertz CT molecular complexity index is 677. The van der Waals surface area contributed by atoms with Gasteiger partial charge in [-0.25, -0.2) is 4.98 Å². The first kappa shape index (κ1) is 11.4. The lowest BCUT2D eigenvalue weighted by molar-refractivity contribution is 0.909. The third-order valence-corrected chi connectivity index (χ3v) is 3.53. The van der Waals surface area contributed by atoms with Crippen LogP contribution in [0, 0.1) is 6.92 Å². The van der Waals surface area contributed by atoms with Crippen molar-refractivity contribution in [3.05, 3.63) is 33.6 Å². The summed E-state index contributed by atoms with van der Waals surface area (Å²) in [5.41, 5.74) is 3.61. The molecule has 0 saturated carbocycles. The van der Waals surface area contributed by atoms with Crippen LogP contribution in [-0.2, 0) is 6.54 Å². The lowest BCUT2D eigenvalue weighted by atomic mass is 10.3. The summed E-state index contributed by atoms with van der Waals surface area (Å²) in [5, 5.41) is 9.81. The molecule has 0 bridgehead atoms. The number of nitrogens with one attached hydrogen (secondary N) is 1. The molecule has 0 atom stereocenters. The van der Waals surface area contributed by atoms with Crippen LogP contribution in [0.4, 0.5) is 5.82 Å². The molecule has 3 rings (SSSR count). The maximum Gasteiger partial charge on any atom is 0.255 e. The molecule has 3 aromatic heterocycles. The Hall–Kier alpha value is -1.73. The molecule has 0 aromatic carbocycles. The fourth-order valence-electron chi connectivity index (χ4n) is 1.60. The lowest BCUT2D eigenvalue weighted by Crippen LogP contribution is -2.09. The average molecular weight is 281 g/mol. The van der Waals surface area contributed by atoms with Gasteiger partial charge in [-0.3, -0.25) is 0 Å². The van der Waals surface area contributed by atoms with Crippen molar-refractivity contribution >= 4 is 34.5 Å². The molecular weight excluding hydrogens is 272 g/mol. The van der Waals surface area contributed by atoms with Gasteiger partial charge >= 0.3 is 0 Å². The highest BCUT2D eigenvalue weighted by molar-refractivity contribution is 7.07. The number of aromatic nitrogens is 5. The highest BCUT2D eigenvalue weighted by Crippen LogP contribution is 2.22. The van der Waals surface area contributed by atoms with Gasteiger partial charge in [-0.05, 0) is 6.92 Å². The molecule has 0 radical (unpaired) electrons. The zero-order valence-electron chi connectivity index (χ0n) is 9.46. The molecule has 0 fully saturated rings. The van der Waals surface area contributed by atoms with Crippen molar-refractivity contribution in [3.63, 3.8) is 0 Å². The maximum atomic E-state index is 6.06. The van der Waals surface area contributed by atoms with Crippen molar-refractivity contribution in [2.75, 3.05) is 5.32 Å². The Morgan fingerprint density at radius 1 is 1.44 bits per heavy atom. The van der Waals surface area contributed by atoms with E-state index in [4.69, 9.17) is 11.6 Å². The zero-order chi connectivity index (χ0) is 12.5. The minimum Gasteiger partial charge on any atom is -0.364 e. The van der Waals surface area contributed by atoms with Crippen LogP contribution in [0.3, 0.4) is 0 Å². The summed E-state index contributed by atoms with van der Waals surface area (Å²) in [6, 6.07) is 0.